The van der Waals surface area contributed by atoms with Crippen molar-refractivity contribution >= 4 is 23.9 Å². The highest BCUT2D eigenvalue weighted by atomic mass is 35.5. The number of hydrogen-bond acceptors (Lipinski definition) is 5. The Balaban J connectivity index is 0.000000963. The third kappa shape index (κ3) is 2.71. The molecule has 1 saturated heterocycles. The lowest BCUT2D eigenvalue weighted by atomic mass is 10.2. The molecule has 90 valence electrons. The lowest BCUT2D eigenvalue weighted by Gasteiger charge is -2.27. The Labute approximate surface area is 106 Å². The normalized spacial score (nSPS) is 24.7. The summed E-state index contributed by atoms with van der Waals surface area (Å²) in [5, 5.41) is 9.65. The summed E-state index contributed by atoms with van der Waals surface area (Å²) in [7, 11) is 0. The zero-order valence-corrected chi connectivity index (χ0v) is 10.8. The second-order valence-electron chi connectivity index (χ2n) is 4.45. The maximum Gasteiger partial charge on any atom is 0.0895 e. The number of hydrogen-bond donors (Lipinski definition) is 1. The second-order valence-corrected chi connectivity index (χ2v) is 5.06. The van der Waals surface area contributed by atoms with Crippen molar-refractivity contribution in [3.63, 3.8) is 0 Å². The van der Waals surface area contributed by atoms with Crippen LogP contribution < -0.4 is 5.32 Å². The largest absolute Gasteiger partial charge is 0.315 e. The van der Waals surface area contributed by atoms with E-state index in [1.807, 2.05) is 0 Å². The molecule has 16 heavy (non-hydrogen) atoms. The first-order valence-electron chi connectivity index (χ1n) is 5.66. The quantitative estimate of drug-likeness (QED) is 0.886. The van der Waals surface area contributed by atoms with Crippen molar-refractivity contribution in [2.75, 3.05) is 13.1 Å². The summed E-state index contributed by atoms with van der Waals surface area (Å²) >= 11 is 1.45. The number of halogens is 1. The molecule has 0 amide bonds. The number of nitrogens with zero attached hydrogens (tertiary/aromatic N) is 3. The summed E-state index contributed by atoms with van der Waals surface area (Å²) in [6, 6.07) is 1.54. The molecular weight excluding hydrogens is 244 g/mol. The van der Waals surface area contributed by atoms with Crippen LogP contribution in [0.1, 0.15) is 25.0 Å². The van der Waals surface area contributed by atoms with Gasteiger partial charge in [0.25, 0.3) is 0 Å². The summed E-state index contributed by atoms with van der Waals surface area (Å²) in [5.41, 5.74) is 1.14. The van der Waals surface area contributed by atoms with E-state index >= 15 is 0 Å². The first kappa shape index (κ1) is 12.2. The van der Waals surface area contributed by atoms with Gasteiger partial charge >= 0.3 is 0 Å². The molecule has 3 rings (SSSR count). The van der Waals surface area contributed by atoms with Crippen LogP contribution in [0.3, 0.4) is 0 Å². The van der Waals surface area contributed by atoms with E-state index in [1.165, 1.54) is 37.3 Å². The van der Waals surface area contributed by atoms with Crippen LogP contribution in [-0.4, -0.2) is 39.7 Å². The highest BCUT2D eigenvalue weighted by Crippen LogP contribution is 2.31. The number of rotatable bonds is 4. The van der Waals surface area contributed by atoms with Gasteiger partial charge in [-0.25, -0.2) is 0 Å². The average molecular weight is 261 g/mol. The number of nitrogens with one attached hydrogen (secondary N) is 1. The molecule has 0 bridgehead atoms. The first-order valence-corrected chi connectivity index (χ1v) is 6.49. The van der Waals surface area contributed by atoms with Gasteiger partial charge in [0.15, 0.2) is 0 Å². The van der Waals surface area contributed by atoms with E-state index in [1.54, 1.807) is 0 Å². The Kier molecular flexibility index (Phi) is 4.13. The van der Waals surface area contributed by atoms with Gasteiger partial charge in [-0.05, 0) is 37.3 Å². The molecule has 0 aromatic carbocycles. The van der Waals surface area contributed by atoms with Gasteiger partial charge in [-0.2, -0.15) is 0 Å². The molecule has 1 N–H and O–H groups in total. The van der Waals surface area contributed by atoms with E-state index in [9.17, 15) is 0 Å². The molecular formula is C10H17ClN4S. The highest BCUT2D eigenvalue weighted by molar-refractivity contribution is 7.03. The molecule has 6 heteroatoms. The van der Waals surface area contributed by atoms with Crippen LogP contribution in [0.2, 0.25) is 0 Å². The van der Waals surface area contributed by atoms with Gasteiger partial charge in [0.1, 0.15) is 0 Å². The van der Waals surface area contributed by atoms with Crippen molar-refractivity contribution in [1.82, 2.24) is 19.8 Å². The third-order valence-corrected chi connectivity index (χ3v) is 3.82. The van der Waals surface area contributed by atoms with Crippen molar-refractivity contribution in [3.8, 4) is 0 Å². The van der Waals surface area contributed by atoms with Crippen LogP contribution in [0, 0.1) is 0 Å². The molecule has 1 aromatic heterocycles. The Hall–Kier alpha value is -0.230. The molecule has 1 aromatic rings. The maximum atomic E-state index is 4.14. The van der Waals surface area contributed by atoms with Crippen molar-refractivity contribution in [1.29, 1.82) is 0 Å². The van der Waals surface area contributed by atoms with Gasteiger partial charge in [0.2, 0.25) is 0 Å². The number of aromatic nitrogens is 2. The first-order chi connectivity index (χ1) is 7.43. The van der Waals surface area contributed by atoms with Gasteiger partial charge in [-0.1, -0.05) is 4.49 Å². The Morgan fingerprint density at radius 1 is 1.38 bits per heavy atom. The molecule has 2 heterocycles. The fourth-order valence-electron chi connectivity index (χ4n) is 2.32. The molecule has 0 spiro atoms. The van der Waals surface area contributed by atoms with Crippen molar-refractivity contribution in [2.45, 2.75) is 37.9 Å². The van der Waals surface area contributed by atoms with E-state index in [0.29, 0.717) is 0 Å². The minimum Gasteiger partial charge on any atom is -0.315 e. The Morgan fingerprint density at radius 3 is 2.81 bits per heavy atom. The SMILES string of the molecule is Cl.c1snnc1CN(C1CC1)C1CCNC1. The minimum absolute atomic E-state index is 0. The summed E-state index contributed by atoms with van der Waals surface area (Å²) in [6.45, 7) is 3.31. The standard InChI is InChI=1S/C10H16N4S.ClH/c1-2-9(1)14(10-3-4-11-5-10)6-8-7-15-13-12-8;/h7,9-11H,1-6H2;1H. The van der Waals surface area contributed by atoms with E-state index < -0.39 is 0 Å². The van der Waals surface area contributed by atoms with Crippen LogP contribution >= 0.6 is 23.9 Å². The summed E-state index contributed by atoms with van der Waals surface area (Å²) in [5.74, 6) is 0. The van der Waals surface area contributed by atoms with Crippen LogP contribution in [0.4, 0.5) is 0 Å². The lowest BCUT2D eigenvalue weighted by molar-refractivity contribution is 0.186. The van der Waals surface area contributed by atoms with Crippen molar-refractivity contribution < 1.29 is 0 Å². The lowest BCUT2D eigenvalue weighted by Crippen LogP contribution is -2.38. The molecule has 2 fully saturated rings. The third-order valence-electron chi connectivity index (χ3n) is 3.27. The van der Waals surface area contributed by atoms with Crippen LogP contribution in [-0.2, 0) is 6.54 Å². The predicted octanol–water partition coefficient (Wildman–Crippen LogP) is 1.29. The Morgan fingerprint density at radius 2 is 2.25 bits per heavy atom. The highest BCUT2D eigenvalue weighted by Gasteiger charge is 2.35. The van der Waals surface area contributed by atoms with Gasteiger partial charge < -0.3 is 5.32 Å². The Bertz CT molecular complexity index is 309. The van der Waals surface area contributed by atoms with Crippen molar-refractivity contribution in [3.05, 3.63) is 11.1 Å². The van der Waals surface area contributed by atoms with Gasteiger partial charge in [0, 0.05) is 30.6 Å². The van der Waals surface area contributed by atoms with Crippen LogP contribution in [0.5, 0.6) is 0 Å². The van der Waals surface area contributed by atoms with Crippen LogP contribution in [0.25, 0.3) is 0 Å². The zero-order valence-electron chi connectivity index (χ0n) is 9.13. The average Bonchev–Trinajstić information content (AvgIpc) is 2.78. The van der Waals surface area contributed by atoms with Crippen molar-refractivity contribution in [2.24, 2.45) is 0 Å². The van der Waals surface area contributed by atoms with E-state index in [2.05, 4.69) is 25.2 Å². The summed E-state index contributed by atoms with van der Waals surface area (Å²) < 4.78 is 3.93. The molecule has 1 aliphatic heterocycles. The van der Waals surface area contributed by atoms with E-state index in [0.717, 1.165) is 30.9 Å². The molecule has 1 unspecified atom stereocenters. The van der Waals surface area contributed by atoms with Gasteiger partial charge in [-0.3, -0.25) is 4.90 Å². The van der Waals surface area contributed by atoms with Gasteiger partial charge in [-0.15, -0.1) is 17.5 Å². The molecule has 4 nitrogen and oxygen atoms in total. The van der Waals surface area contributed by atoms with Crippen LogP contribution in [0.15, 0.2) is 5.38 Å². The summed E-state index contributed by atoms with van der Waals surface area (Å²) in [6.07, 6.45) is 4.02. The monoisotopic (exact) mass is 260 g/mol. The van der Waals surface area contributed by atoms with Gasteiger partial charge in [0.05, 0.1) is 5.69 Å². The predicted molar refractivity (Wildman–Crippen MR) is 67.0 cm³/mol. The topological polar surface area (TPSA) is 41.1 Å². The van der Waals surface area contributed by atoms with E-state index in [4.69, 9.17) is 0 Å². The molecule has 2 aliphatic rings. The second kappa shape index (κ2) is 5.40. The van der Waals surface area contributed by atoms with E-state index in [-0.39, 0.29) is 12.4 Å². The maximum absolute atomic E-state index is 4.14. The smallest absolute Gasteiger partial charge is 0.0895 e. The molecule has 1 aliphatic carbocycles. The minimum atomic E-state index is 0. The summed E-state index contributed by atoms with van der Waals surface area (Å²) in [4.78, 5) is 2.62. The molecule has 0 radical (unpaired) electrons. The molecule has 1 saturated carbocycles. The zero-order chi connectivity index (χ0) is 10.1. The molecule has 1 atom stereocenters. The fourth-order valence-corrected chi connectivity index (χ4v) is 2.77. The fraction of sp³-hybridized carbons (Fsp3) is 0.800.